The van der Waals surface area contributed by atoms with E-state index in [0.29, 0.717) is 17.0 Å². The quantitative estimate of drug-likeness (QED) is 0.824. The third kappa shape index (κ3) is 2.87. The van der Waals surface area contributed by atoms with E-state index in [1.54, 1.807) is 18.5 Å². The van der Waals surface area contributed by atoms with Gasteiger partial charge < -0.3 is 0 Å². The molecule has 0 unspecified atom stereocenters. The summed E-state index contributed by atoms with van der Waals surface area (Å²) in [5.41, 5.74) is 1.48. The van der Waals surface area contributed by atoms with Gasteiger partial charge in [-0.3, -0.25) is 9.48 Å². The molecule has 0 aliphatic heterocycles. The Morgan fingerprint density at radius 3 is 2.24 bits per heavy atom. The molecule has 0 bridgehead atoms. The lowest BCUT2D eigenvalue weighted by molar-refractivity contribution is -0.170. The van der Waals surface area contributed by atoms with Gasteiger partial charge >= 0.3 is 6.18 Å². The average molecular weight is 248 g/mol. The molecule has 0 atom stereocenters. The Hall–Kier alpha value is -1.33. The second-order valence-electron chi connectivity index (χ2n) is 4.29. The maximum Gasteiger partial charge on any atom is 0.450 e. The van der Waals surface area contributed by atoms with E-state index >= 15 is 0 Å². The highest BCUT2D eigenvalue weighted by Gasteiger charge is 2.38. The predicted molar refractivity (Wildman–Crippen MR) is 56.9 cm³/mol. The van der Waals surface area contributed by atoms with Gasteiger partial charge in [0.05, 0.1) is 5.69 Å². The van der Waals surface area contributed by atoms with Crippen LogP contribution in [0.15, 0.2) is 0 Å². The highest BCUT2D eigenvalue weighted by atomic mass is 19.4. The van der Waals surface area contributed by atoms with Gasteiger partial charge in [0, 0.05) is 23.7 Å². The van der Waals surface area contributed by atoms with E-state index in [-0.39, 0.29) is 6.04 Å². The number of hydrogen-bond acceptors (Lipinski definition) is 2. The van der Waals surface area contributed by atoms with Crippen LogP contribution >= 0.6 is 0 Å². The van der Waals surface area contributed by atoms with Gasteiger partial charge in [0.2, 0.25) is 5.78 Å². The van der Waals surface area contributed by atoms with Crippen molar-refractivity contribution in [3.8, 4) is 0 Å². The molecule has 0 saturated heterocycles. The van der Waals surface area contributed by atoms with Gasteiger partial charge in [-0.15, -0.1) is 0 Å². The van der Waals surface area contributed by atoms with Crippen molar-refractivity contribution in [3.05, 3.63) is 17.0 Å². The highest BCUT2D eigenvalue weighted by Crippen LogP contribution is 2.23. The molecule has 1 rings (SSSR count). The zero-order valence-electron chi connectivity index (χ0n) is 10.2. The van der Waals surface area contributed by atoms with E-state index in [4.69, 9.17) is 0 Å². The van der Waals surface area contributed by atoms with Crippen LogP contribution in [0, 0.1) is 13.8 Å². The molecule has 0 aromatic carbocycles. The Balaban J connectivity index is 3.04. The van der Waals surface area contributed by atoms with Crippen molar-refractivity contribution in [3.63, 3.8) is 0 Å². The van der Waals surface area contributed by atoms with E-state index < -0.39 is 18.4 Å². The summed E-state index contributed by atoms with van der Waals surface area (Å²) in [6, 6.07) is 0.0587. The summed E-state index contributed by atoms with van der Waals surface area (Å²) in [4.78, 5) is 11.0. The SMILES string of the molecule is Cc1nn(C(C)C)c(C)c1CC(=O)C(F)(F)F. The van der Waals surface area contributed by atoms with E-state index in [1.807, 2.05) is 13.8 Å². The lowest BCUT2D eigenvalue weighted by Gasteiger charge is -2.09. The number of carbonyl (C=O) groups excluding carboxylic acids is 1. The van der Waals surface area contributed by atoms with Crippen LogP contribution < -0.4 is 0 Å². The van der Waals surface area contributed by atoms with Gasteiger partial charge in [-0.2, -0.15) is 18.3 Å². The number of alkyl halides is 3. The van der Waals surface area contributed by atoms with Crippen LogP contribution in [0.5, 0.6) is 0 Å². The molecule has 17 heavy (non-hydrogen) atoms. The number of carbonyl (C=O) groups is 1. The number of hydrogen-bond donors (Lipinski definition) is 0. The molecule has 1 aromatic heterocycles. The fourth-order valence-corrected chi connectivity index (χ4v) is 1.72. The zero-order valence-corrected chi connectivity index (χ0v) is 10.2. The third-order valence-corrected chi connectivity index (χ3v) is 2.62. The van der Waals surface area contributed by atoms with Crippen LogP contribution in [0.3, 0.4) is 0 Å². The first kappa shape index (κ1) is 13.7. The monoisotopic (exact) mass is 248 g/mol. The summed E-state index contributed by atoms with van der Waals surface area (Å²) in [7, 11) is 0. The molecule has 1 heterocycles. The number of halogens is 3. The van der Waals surface area contributed by atoms with Gasteiger partial charge in [0.15, 0.2) is 0 Å². The molecule has 0 fully saturated rings. The van der Waals surface area contributed by atoms with E-state index in [2.05, 4.69) is 5.10 Å². The molecule has 0 saturated carbocycles. The van der Waals surface area contributed by atoms with Crippen molar-refractivity contribution < 1.29 is 18.0 Å². The maximum absolute atomic E-state index is 12.2. The minimum Gasteiger partial charge on any atom is -0.289 e. The highest BCUT2D eigenvalue weighted by molar-refractivity contribution is 5.86. The number of aromatic nitrogens is 2. The largest absolute Gasteiger partial charge is 0.450 e. The Labute approximate surface area is 97.6 Å². The van der Waals surface area contributed by atoms with Gasteiger partial charge in [-0.05, 0) is 27.7 Å². The Morgan fingerprint density at radius 1 is 1.35 bits per heavy atom. The molecule has 3 nitrogen and oxygen atoms in total. The van der Waals surface area contributed by atoms with Crippen LogP contribution in [0.1, 0.15) is 36.8 Å². The first-order chi connectivity index (χ1) is 7.64. The fraction of sp³-hybridized carbons (Fsp3) is 0.636. The summed E-state index contributed by atoms with van der Waals surface area (Å²) < 4.78 is 38.2. The molecule has 0 spiro atoms. The van der Waals surface area contributed by atoms with Crippen LogP contribution in [-0.4, -0.2) is 21.7 Å². The number of ketones is 1. The van der Waals surface area contributed by atoms with Crippen LogP contribution in [0.4, 0.5) is 13.2 Å². The summed E-state index contributed by atoms with van der Waals surface area (Å²) in [6.07, 6.45) is -5.41. The zero-order chi connectivity index (χ0) is 13.4. The Morgan fingerprint density at radius 2 is 1.88 bits per heavy atom. The molecule has 1 aromatic rings. The Kier molecular flexibility index (Phi) is 3.64. The van der Waals surface area contributed by atoms with E-state index in [0.717, 1.165) is 0 Å². The van der Waals surface area contributed by atoms with Crippen molar-refractivity contribution in [2.75, 3.05) is 0 Å². The maximum atomic E-state index is 12.2. The van der Waals surface area contributed by atoms with E-state index in [9.17, 15) is 18.0 Å². The van der Waals surface area contributed by atoms with Gasteiger partial charge in [0.25, 0.3) is 0 Å². The lowest BCUT2D eigenvalue weighted by atomic mass is 10.1. The predicted octanol–water partition coefficient (Wildman–Crippen LogP) is 2.75. The van der Waals surface area contributed by atoms with Crippen molar-refractivity contribution in [2.24, 2.45) is 0 Å². The molecule has 96 valence electrons. The molecule has 6 heteroatoms. The molecule has 0 aliphatic carbocycles. The van der Waals surface area contributed by atoms with Gasteiger partial charge in [0.1, 0.15) is 0 Å². The van der Waals surface area contributed by atoms with Gasteiger partial charge in [-0.25, -0.2) is 0 Å². The number of Topliss-reactive ketones (excluding diaryl/α,β-unsaturated/α-hetero) is 1. The topological polar surface area (TPSA) is 34.9 Å². The molecular formula is C11H15F3N2O. The van der Waals surface area contributed by atoms with E-state index in [1.165, 1.54) is 0 Å². The number of aryl methyl sites for hydroxylation is 1. The minimum absolute atomic E-state index is 0.0587. The number of rotatable bonds is 3. The molecule has 0 N–H and O–H groups in total. The second kappa shape index (κ2) is 4.50. The normalized spacial score (nSPS) is 12.2. The van der Waals surface area contributed by atoms with Crippen molar-refractivity contribution in [1.29, 1.82) is 0 Å². The molecular weight excluding hydrogens is 233 g/mol. The summed E-state index contributed by atoms with van der Waals surface area (Å²) in [5.74, 6) is -1.73. The molecule has 0 radical (unpaired) electrons. The first-order valence-corrected chi connectivity index (χ1v) is 5.29. The summed E-state index contributed by atoms with van der Waals surface area (Å²) in [6.45, 7) is 7.06. The van der Waals surface area contributed by atoms with Gasteiger partial charge in [-0.1, -0.05) is 0 Å². The fourth-order valence-electron chi connectivity index (χ4n) is 1.72. The average Bonchev–Trinajstić information content (AvgIpc) is 2.44. The second-order valence-corrected chi connectivity index (χ2v) is 4.29. The summed E-state index contributed by atoms with van der Waals surface area (Å²) in [5, 5.41) is 4.14. The van der Waals surface area contributed by atoms with Crippen LogP contribution in [0.2, 0.25) is 0 Å². The van der Waals surface area contributed by atoms with Crippen LogP contribution in [0.25, 0.3) is 0 Å². The third-order valence-electron chi connectivity index (χ3n) is 2.62. The number of nitrogens with zero attached hydrogens (tertiary/aromatic N) is 2. The Bertz CT molecular complexity index is 433. The first-order valence-electron chi connectivity index (χ1n) is 5.29. The molecule has 0 aliphatic rings. The van der Waals surface area contributed by atoms with Crippen molar-refractivity contribution >= 4 is 5.78 Å². The summed E-state index contributed by atoms with van der Waals surface area (Å²) >= 11 is 0. The standard InChI is InChI=1S/C11H15F3N2O/c1-6(2)16-8(4)9(7(3)15-16)5-10(17)11(12,13)14/h6H,5H2,1-4H3. The molecule has 0 amide bonds. The van der Waals surface area contributed by atoms with Crippen molar-refractivity contribution in [1.82, 2.24) is 9.78 Å². The van der Waals surface area contributed by atoms with Crippen LogP contribution in [-0.2, 0) is 11.2 Å². The lowest BCUT2D eigenvalue weighted by Crippen LogP contribution is -2.25. The van der Waals surface area contributed by atoms with Crippen molar-refractivity contribution in [2.45, 2.75) is 46.3 Å². The smallest absolute Gasteiger partial charge is 0.289 e. The minimum atomic E-state index is -4.78.